The van der Waals surface area contributed by atoms with Crippen LogP contribution >= 0.6 is 11.6 Å². The summed E-state index contributed by atoms with van der Waals surface area (Å²) in [5, 5.41) is 16.6. The standard InChI is InChI=1S/C22H17ClN4O4/c1-12-6-8-15(9-7-12)26-20(29)18(19(28)24-22(26)31)11-17-13(2)25-27(21(17)30)16-5-3-4-14(23)10-16/h3-11,29H,1-2H3,(H,24,28,31)/b17-11+. The number of carbonyl (C=O) groups excluding carboxylic acids is 1. The van der Waals surface area contributed by atoms with Crippen LogP contribution in [0.2, 0.25) is 5.02 Å². The van der Waals surface area contributed by atoms with E-state index >= 15 is 0 Å². The van der Waals surface area contributed by atoms with Crippen molar-refractivity contribution in [2.45, 2.75) is 13.8 Å². The second-order valence-electron chi connectivity index (χ2n) is 7.01. The first-order chi connectivity index (χ1) is 14.8. The van der Waals surface area contributed by atoms with Gasteiger partial charge >= 0.3 is 5.69 Å². The number of carbonyl (C=O) groups is 1. The molecule has 4 rings (SSSR count). The second-order valence-corrected chi connectivity index (χ2v) is 7.44. The molecule has 2 N–H and O–H groups in total. The number of aryl methyl sites for hydroxylation is 1. The molecular formula is C22H17ClN4O4. The highest BCUT2D eigenvalue weighted by Gasteiger charge is 2.30. The molecule has 9 heteroatoms. The van der Waals surface area contributed by atoms with Gasteiger partial charge in [-0.2, -0.15) is 10.1 Å². The number of halogens is 1. The van der Waals surface area contributed by atoms with Crippen LogP contribution in [0.15, 0.2) is 68.8 Å². The highest BCUT2D eigenvalue weighted by Crippen LogP contribution is 2.28. The third-order valence-corrected chi connectivity index (χ3v) is 5.05. The van der Waals surface area contributed by atoms with E-state index in [2.05, 4.69) is 10.1 Å². The minimum atomic E-state index is -0.819. The Hall–Kier alpha value is -3.91. The maximum atomic E-state index is 13.0. The molecule has 2 aromatic carbocycles. The Morgan fingerprint density at radius 1 is 1.03 bits per heavy atom. The number of aromatic amines is 1. The molecule has 0 bridgehead atoms. The molecule has 0 aliphatic carbocycles. The zero-order valence-corrected chi connectivity index (χ0v) is 17.3. The summed E-state index contributed by atoms with van der Waals surface area (Å²) in [6.07, 6.45) is 1.23. The van der Waals surface area contributed by atoms with Gasteiger partial charge in [0.1, 0.15) is 5.56 Å². The van der Waals surface area contributed by atoms with Gasteiger partial charge < -0.3 is 5.11 Å². The zero-order chi connectivity index (χ0) is 22.3. The van der Waals surface area contributed by atoms with E-state index in [1.807, 2.05) is 6.92 Å². The maximum Gasteiger partial charge on any atom is 0.335 e. The number of benzene rings is 2. The van der Waals surface area contributed by atoms with Gasteiger partial charge in [0.25, 0.3) is 11.5 Å². The van der Waals surface area contributed by atoms with Gasteiger partial charge in [-0.1, -0.05) is 35.4 Å². The SMILES string of the molecule is CC1=NN(c2cccc(Cl)c2)C(=O)/C1=C/c1c(O)n(-c2ccc(C)cc2)c(=O)[nH]c1=O. The van der Waals surface area contributed by atoms with Gasteiger partial charge in [-0.3, -0.25) is 14.6 Å². The smallest absolute Gasteiger partial charge is 0.335 e. The number of aromatic hydroxyl groups is 1. The molecule has 0 saturated heterocycles. The molecule has 0 unspecified atom stereocenters. The van der Waals surface area contributed by atoms with Gasteiger partial charge in [0.15, 0.2) is 0 Å². The van der Waals surface area contributed by atoms with Crippen LogP contribution in [0.5, 0.6) is 5.88 Å². The van der Waals surface area contributed by atoms with Crippen molar-refractivity contribution in [3.63, 3.8) is 0 Å². The fourth-order valence-electron chi connectivity index (χ4n) is 3.21. The summed E-state index contributed by atoms with van der Waals surface area (Å²) in [4.78, 5) is 39.9. The van der Waals surface area contributed by atoms with Gasteiger partial charge in [-0.05, 0) is 50.3 Å². The molecule has 0 fully saturated rings. The highest BCUT2D eigenvalue weighted by molar-refractivity contribution is 6.33. The van der Waals surface area contributed by atoms with Crippen LogP contribution in [0, 0.1) is 6.92 Å². The van der Waals surface area contributed by atoms with Crippen molar-refractivity contribution in [3.05, 3.63) is 91.1 Å². The summed E-state index contributed by atoms with van der Waals surface area (Å²) < 4.78 is 0.966. The molecule has 0 radical (unpaired) electrons. The van der Waals surface area contributed by atoms with Crippen molar-refractivity contribution in [2.75, 3.05) is 5.01 Å². The monoisotopic (exact) mass is 436 g/mol. The molecule has 156 valence electrons. The van der Waals surface area contributed by atoms with Crippen molar-refractivity contribution < 1.29 is 9.90 Å². The predicted molar refractivity (Wildman–Crippen MR) is 119 cm³/mol. The number of H-pyrrole nitrogens is 1. The minimum absolute atomic E-state index is 0.106. The molecule has 3 aromatic rings. The lowest BCUT2D eigenvalue weighted by Crippen LogP contribution is -2.30. The molecular weight excluding hydrogens is 420 g/mol. The van der Waals surface area contributed by atoms with Crippen LogP contribution < -0.4 is 16.3 Å². The van der Waals surface area contributed by atoms with Gasteiger partial charge in [-0.15, -0.1) is 0 Å². The molecule has 1 aliphatic rings. The highest BCUT2D eigenvalue weighted by atomic mass is 35.5. The number of hydrogen-bond acceptors (Lipinski definition) is 5. The summed E-state index contributed by atoms with van der Waals surface area (Å²) in [5.74, 6) is -1.07. The van der Waals surface area contributed by atoms with Crippen LogP contribution in [-0.2, 0) is 4.79 Å². The first-order valence-corrected chi connectivity index (χ1v) is 9.66. The average Bonchev–Trinajstić information content (AvgIpc) is 3.00. The number of rotatable bonds is 3. The largest absolute Gasteiger partial charge is 0.494 e. The summed E-state index contributed by atoms with van der Waals surface area (Å²) in [7, 11) is 0. The number of anilines is 1. The molecule has 2 heterocycles. The van der Waals surface area contributed by atoms with Gasteiger partial charge in [-0.25, -0.2) is 9.36 Å². The fraction of sp³-hybridized carbons (Fsp3) is 0.0909. The van der Waals surface area contributed by atoms with E-state index in [1.54, 1.807) is 55.5 Å². The molecule has 0 spiro atoms. The van der Waals surface area contributed by atoms with Crippen molar-refractivity contribution in [1.82, 2.24) is 9.55 Å². The molecule has 8 nitrogen and oxygen atoms in total. The molecule has 31 heavy (non-hydrogen) atoms. The first-order valence-electron chi connectivity index (χ1n) is 9.29. The summed E-state index contributed by atoms with van der Waals surface area (Å²) in [5.41, 5.74) is 0.401. The lowest BCUT2D eigenvalue weighted by Gasteiger charge is -2.12. The van der Waals surface area contributed by atoms with E-state index in [1.165, 1.54) is 6.08 Å². The third-order valence-electron chi connectivity index (χ3n) is 4.82. The van der Waals surface area contributed by atoms with Crippen LogP contribution in [0.25, 0.3) is 11.8 Å². The van der Waals surface area contributed by atoms with Crippen molar-refractivity contribution in [3.8, 4) is 11.6 Å². The molecule has 1 aromatic heterocycles. The van der Waals surface area contributed by atoms with Crippen molar-refractivity contribution >= 4 is 35.0 Å². The normalized spacial score (nSPS) is 14.9. The fourth-order valence-corrected chi connectivity index (χ4v) is 3.40. The summed E-state index contributed by atoms with van der Waals surface area (Å²) in [6.45, 7) is 3.49. The average molecular weight is 437 g/mol. The minimum Gasteiger partial charge on any atom is -0.494 e. The van der Waals surface area contributed by atoms with Crippen LogP contribution in [0.3, 0.4) is 0 Å². The topological polar surface area (TPSA) is 108 Å². The van der Waals surface area contributed by atoms with E-state index in [4.69, 9.17) is 11.6 Å². The maximum absolute atomic E-state index is 13.0. The van der Waals surface area contributed by atoms with Crippen LogP contribution in [0.4, 0.5) is 5.69 Å². The molecule has 1 amide bonds. The number of hydrogen-bond donors (Lipinski definition) is 2. The number of hydrazone groups is 1. The Balaban J connectivity index is 1.82. The Morgan fingerprint density at radius 3 is 2.42 bits per heavy atom. The summed E-state index contributed by atoms with van der Waals surface area (Å²) in [6, 6.07) is 13.4. The Kier molecular flexibility index (Phi) is 5.08. The lowest BCUT2D eigenvalue weighted by atomic mass is 10.1. The molecule has 0 saturated carbocycles. The van der Waals surface area contributed by atoms with E-state index < -0.39 is 23.0 Å². The van der Waals surface area contributed by atoms with E-state index in [-0.39, 0.29) is 11.1 Å². The third kappa shape index (κ3) is 3.69. The Bertz CT molecular complexity index is 1380. The molecule has 0 atom stereocenters. The Labute approximate surface area is 181 Å². The van der Waals surface area contributed by atoms with Gasteiger partial charge in [0.05, 0.1) is 22.7 Å². The van der Waals surface area contributed by atoms with E-state index in [9.17, 15) is 19.5 Å². The molecule has 1 aliphatic heterocycles. The van der Waals surface area contributed by atoms with Crippen molar-refractivity contribution in [2.24, 2.45) is 5.10 Å². The predicted octanol–water partition coefficient (Wildman–Crippen LogP) is 3.00. The van der Waals surface area contributed by atoms with Gasteiger partial charge in [0, 0.05) is 5.02 Å². The number of amides is 1. The quantitative estimate of drug-likeness (QED) is 0.615. The zero-order valence-electron chi connectivity index (χ0n) is 16.6. The van der Waals surface area contributed by atoms with Crippen molar-refractivity contribution in [1.29, 1.82) is 0 Å². The van der Waals surface area contributed by atoms with Crippen LogP contribution in [-0.4, -0.2) is 26.3 Å². The Morgan fingerprint density at radius 2 is 1.74 bits per heavy atom. The number of nitrogens with zero attached hydrogens (tertiary/aromatic N) is 3. The second kappa shape index (κ2) is 7.73. The first kappa shape index (κ1) is 20.4. The number of nitrogens with one attached hydrogen (secondary N) is 1. The van der Waals surface area contributed by atoms with Gasteiger partial charge in [0.2, 0.25) is 5.88 Å². The van der Waals surface area contributed by atoms with E-state index in [0.717, 1.165) is 15.1 Å². The van der Waals surface area contributed by atoms with E-state index in [0.29, 0.717) is 22.1 Å². The summed E-state index contributed by atoms with van der Waals surface area (Å²) >= 11 is 6.00. The lowest BCUT2D eigenvalue weighted by molar-refractivity contribution is -0.114. The van der Waals surface area contributed by atoms with Crippen LogP contribution in [0.1, 0.15) is 18.1 Å². The number of aromatic nitrogens is 2.